The second-order valence-corrected chi connectivity index (χ2v) is 14.0. The average Bonchev–Trinajstić information content (AvgIpc) is 3.85. The number of benzene rings is 9. The summed E-state index contributed by atoms with van der Waals surface area (Å²) in [4.78, 5) is 7.27. The van der Waals surface area contributed by atoms with Gasteiger partial charge in [-0.05, 0) is 88.5 Å². The van der Waals surface area contributed by atoms with Crippen LogP contribution in [0.3, 0.4) is 0 Å². The van der Waals surface area contributed by atoms with E-state index >= 15 is 0 Å². The van der Waals surface area contributed by atoms with Crippen molar-refractivity contribution in [2.24, 2.45) is 0 Å². The molecule has 0 saturated heterocycles. The number of nitrogens with zero attached hydrogens (tertiary/aromatic N) is 3. The molecule has 0 atom stereocenters. The van der Waals surface area contributed by atoms with Gasteiger partial charge in [0.15, 0.2) is 5.58 Å². The Morgan fingerprint density at radius 2 is 1.15 bits per heavy atom. The van der Waals surface area contributed by atoms with Crippen LogP contribution in [0.5, 0.6) is 0 Å². The number of oxazole rings is 1. The van der Waals surface area contributed by atoms with E-state index in [2.05, 4.69) is 173 Å². The lowest BCUT2D eigenvalue weighted by Gasteiger charge is -2.28. The molecule has 0 radical (unpaired) electrons. The molecule has 2 aromatic heterocycles. The van der Waals surface area contributed by atoms with Crippen molar-refractivity contribution in [3.05, 3.63) is 200 Å². The average molecular weight is 704 g/mol. The lowest BCUT2D eigenvalue weighted by atomic mass is 10.0. The van der Waals surface area contributed by atoms with E-state index in [0.717, 1.165) is 50.5 Å². The van der Waals surface area contributed by atoms with E-state index in [0.29, 0.717) is 5.89 Å². The van der Waals surface area contributed by atoms with Gasteiger partial charge in [-0.3, -0.25) is 0 Å². The molecule has 0 aliphatic rings. The summed E-state index contributed by atoms with van der Waals surface area (Å²) in [6, 6.07) is 71.1. The molecule has 0 bridgehead atoms. The Bertz CT molecular complexity index is 3200. The summed E-state index contributed by atoms with van der Waals surface area (Å²) in [5.74, 6) is 0.622. The van der Waals surface area contributed by atoms with E-state index in [1.54, 1.807) is 0 Å². The van der Waals surface area contributed by atoms with Crippen LogP contribution in [0.15, 0.2) is 205 Å². The third-order valence-corrected chi connectivity index (χ3v) is 10.8. The monoisotopic (exact) mass is 703 g/mol. The minimum atomic E-state index is 0.622. The van der Waals surface area contributed by atoms with Gasteiger partial charge in [-0.2, -0.15) is 0 Å². The summed E-state index contributed by atoms with van der Waals surface area (Å²) < 4.78 is 8.87. The van der Waals surface area contributed by atoms with Crippen molar-refractivity contribution in [1.82, 2.24) is 9.55 Å². The van der Waals surface area contributed by atoms with Crippen LogP contribution in [0.4, 0.5) is 17.1 Å². The Morgan fingerprint density at radius 3 is 1.96 bits per heavy atom. The van der Waals surface area contributed by atoms with Crippen LogP contribution in [0.1, 0.15) is 0 Å². The van der Waals surface area contributed by atoms with Crippen molar-refractivity contribution < 1.29 is 4.42 Å². The molecule has 4 nitrogen and oxygen atoms in total. The minimum Gasteiger partial charge on any atom is -0.435 e. The first-order chi connectivity index (χ1) is 27.3. The standard InChI is InChI=1S/C51H33N3O/c1-3-15-36(16-4-1)51-52-45-24-13-23-43(50(45)55-51)35-27-29-40(30-28-35)53(41-31-26-34-14-7-8-17-37(34)32-41)47-33-38-18-9-10-21-42(38)49-48(47)44-22-11-12-25-46(44)54(49)39-19-5-2-6-20-39/h1-33H. The van der Waals surface area contributed by atoms with E-state index in [1.165, 1.54) is 43.4 Å². The van der Waals surface area contributed by atoms with Crippen molar-refractivity contribution in [3.8, 4) is 28.3 Å². The molecular formula is C51H33N3O. The Kier molecular flexibility index (Phi) is 7.14. The van der Waals surface area contributed by atoms with Gasteiger partial charge in [0.25, 0.3) is 0 Å². The van der Waals surface area contributed by atoms with Crippen LogP contribution in [0.25, 0.3) is 82.7 Å². The number of para-hydroxylation sites is 3. The van der Waals surface area contributed by atoms with Crippen LogP contribution in [-0.2, 0) is 0 Å². The smallest absolute Gasteiger partial charge is 0.227 e. The van der Waals surface area contributed by atoms with Crippen LogP contribution in [0.2, 0.25) is 0 Å². The lowest BCUT2D eigenvalue weighted by molar-refractivity contribution is 0.621. The molecule has 55 heavy (non-hydrogen) atoms. The van der Waals surface area contributed by atoms with Gasteiger partial charge in [0, 0.05) is 44.3 Å². The summed E-state index contributed by atoms with van der Waals surface area (Å²) in [7, 11) is 0. The fourth-order valence-corrected chi connectivity index (χ4v) is 8.25. The van der Waals surface area contributed by atoms with Gasteiger partial charge in [0.05, 0.1) is 16.7 Å². The number of rotatable bonds is 6. The number of hydrogen-bond donors (Lipinski definition) is 0. The molecule has 0 N–H and O–H groups in total. The molecule has 2 heterocycles. The number of hydrogen-bond acceptors (Lipinski definition) is 3. The molecule has 0 aliphatic carbocycles. The Labute approximate surface area is 317 Å². The maximum Gasteiger partial charge on any atom is 0.227 e. The van der Waals surface area contributed by atoms with Crippen molar-refractivity contribution in [3.63, 3.8) is 0 Å². The highest BCUT2D eigenvalue weighted by molar-refractivity contribution is 6.24. The van der Waals surface area contributed by atoms with Crippen LogP contribution in [0, 0.1) is 0 Å². The zero-order valence-electron chi connectivity index (χ0n) is 29.8. The van der Waals surface area contributed by atoms with Gasteiger partial charge in [-0.15, -0.1) is 0 Å². The summed E-state index contributed by atoms with van der Waals surface area (Å²) in [5, 5.41) is 7.20. The van der Waals surface area contributed by atoms with Crippen LogP contribution >= 0.6 is 0 Å². The van der Waals surface area contributed by atoms with Gasteiger partial charge in [-0.1, -0.05) is 133 Å². The molecule has 9 aromatic carbocycles. The first-order valence-corrected chi connectivity index (χ1v) is 18.6. The molecule has 11 aromatic rings. The number of aromatic nitrogens is 2. The number of fused-ring (bicyclic) bond motifs is 7. The zero-order chi connectivity index (χ0) is 36.3. The molecule has 0 amide bonds. The molecule has 0 fully saturated rings. The SMILES string of the molecule is c1ccc(-c2nc3cccc(-c4ccc(N(c5ccc6ccccc6c5)c5cc6ccccc6c6c5c5ccccc5n6-c5ccccc5)cc4)c3o2)cc1. The third-order valence-electron chi connectivity index (χ3n) is 10.8. The third kappa shape index (κ3) is 5.11. The summed E-state index contributed by atoms with van der Waals surface area (Å²) >= 11 is 0. The normalized spacial score (nSPS) is 11.6. The summed E-state index contributed by atoms with van der Waals surface area (Å²) in [6.45, 7) is 0. The molecule has 0 unspecified atom stereocenters. The van der Waals surface area contributed by atoms with Gasteiger partial charge in [0.2, 0.25) is 5.89 Å². The molecule has 0 saturated carbocycles. The predicted molar refractivity (Wildman–Crippen MR) is 229 cm³/mol. The van der Waals surface area contributed by atoms with Crippen LogP contribution < -0.4 is 4.90 Å². The number of anilines is 3. The van der Waals surface area contributed by atoms with E-state index in [9.17, 15) is 0 Å². The lowest BCUT2D eigenvalue weighted by Crippen LogP contribution is -2.10. The highest BCUT2D eigenvalue weighted by Crippen LogP contribution is 2.47. The van der Waals surface area contributed by atoms with Gasteiger partial charge in [-0.25, -0.2) is 4.98 Å². The first kappa shape index (κ1) is 31.1. The first-order valence-electron chi connectivity index (χ1n) is 18.6. The molecule has 0 aliphatic heterocycles. The molecule has 0 spiro atoms. The van der Waals surface area contributed by atoms with Crippen molar-refractivity contribution in [2.75, 3.05) is 4.90 Å². The van der Waals surface area contributed by atoms with Gasteiger partial charge < -0.3 is 13.9 Å². The summed E-state index contributed by atoms with van der Waals surface area (Å²) in [6.07, 6.45) is 0. The van der Waals surface area contributed by atoms with Crippen molar-refractivity contribution in [2.45, 2.75) is 0 Å². The fraction of sp³-hybridized carbons (Fsp3) is 0. The molecule has 4 heteroatoms. The van der Waals surface area contributed by atoms with Gasteiger partial charge in [0.1, 0.15) is 5.52 Å². The maximum absolute atomic E-state index is 6.44. The Morgan fingerprint density at radius 1 is 0.473 bits per heavy atom. The quantitative estimate of drug-likeness (QED) is 0.173. The molecular weight excluding hydrogens is 671 g/mol. The fourth-order valence-electron chi connectivity index (χ4n) is 8.25. The highest BCUT2D eigenvalue weighted by Gasteiger charge is 2.24. The zero-order valence-corrected chi connectivity index (χ0v) is 29.8. The molecule has 11 rings (SSSR count). The van der Waals surface area contributed by atoms with Crippen LogP contribution in [-0.4, -0.2) is 9.55 Å². The van der Waals surface area contributed by atoms with Crippen molar-refractivity contribution in [1.29, 1.82) is 0 Å². The second kappa shape index (κ2) is 12.6. The Hall–Kier alpha value is -7.43. The largest absolute Gasteiger partial charge is 0.435 e. The molecule has 258 valence electrons. The topological polar surface area (TPSA) is 34.2 Å². The van der Waals surface area contributed by atoms with E-state index in [-0.39, 0.29) is 0 Å². The minimum absolute atomic E-state index is 0.622. The summed E-state index contributed by atoms with van der Waals surface area (Å²) in [5.41, 5.74) is 11.4. The highest BCUT2D eigenvalue weighted by atomic mass is 16.3. The second-order valence-electron chi connectivity index (χ2n) is 14.0. The van der Waals surface area contributed by atoms with E-state index in [1.807, 2.05) is 36.4 Å². The van der Waals surface area contributed by atoms with Crippen molar-refractivity contribution >= 4 is 71.5 Å². The van der Waals surface area contributed by atoms with Gasteiger partial charge >= 0.3 is 0 Å². The predicted octanol–water partition coefficient (Wildman–Crippen LogP) is 14.0. The van der Waals surface area contributed by atoms with E-state index in [4.69, 9.17) is 9.40 Å². The Balaban J connectivity index is 1.16. The maximum atomic E-state index is 6.44. The van der Waals surface area contributed by atoms with E-state index < -0.39 is 0 Å².